The molecule has 0 aromatic rings. The number of nitrogens with zero attached hydrogens (tertiary/aromatic N) is 1. The maximum absolute atomic E-state index is 6.03. The molecule has 0 aliphatic carbocycles. The second-order valence-corrected chi connectivity index (χ2v) is 5.59. The van der Waals surface area contributed by atoms with Crippen molar-refractivity contribution in [2.45, 2.75) is 84.2 Å². The van der Waals surface area contributed by atoms with Gasteiger partial charge in [0.2, 0.25) is 0 Å². The van der Waals surface area contributed by atoms with E-state index in [4.69, 9.17) is 5.73 Å². The Kier molecular flexibility index (Phi) is 8.89. The number of hydrogen-bond donors (Lipinski definition) is 1. The first-order valence-corrected chi connectivity index (χ1v) is 7.48. The summed E-state index contributed by atoms with van der Waals surface area (Å²) < 4.78 is 0. The quantitative estimate of drug-likeness (QED) is 0.591. The highest BCUT2D eigenvalue weighted by atomic mass is 15.2. The summed E-state index contributed by atoms with van der Waals surface area (Å²) in [6, 6.07) is 0.676. The largest absolute Gasteiger partial charge is 0.329 e. The third kappa shape index (κ3) is 5.39. The SMILES string of the molecule is CCCCCCC(C)(CN)N(C)C(CC)CC. The minimum atomic E-state index is 0.185. The van der Waals surface area contributed by atoms with Crippen molar-refractivity contribution < 1.29 is 0 Å². The highest BCUT2D eigenvalue weighted by Crippen LogP contribution is 2.24. The van der Waals surface area contributed by atoms with Crippen LogP contribution in [0.25, 0.3) is 0 Å². The molecule has 0 heterocycles. The van der Waals surface area contributed by atoms with Gasteiger partial charge in [-0.1, -0.05) is 46.5 Å². The molecule has 104 valence electrons. The Labute approximate surface area is 109 Å². The van der Waals surface area contributed by atoms with E-state index in [2.05, 4.69) is 39.6 Å². The van der Waals surface area contributed by atoms with Gasteiger partial charge in [-0.3, -0.25) is 4.90 Å². The molecule has 0 saturated carbocycles. The van der Waals surface area contributed by atoms with Crippen LogP contribution in [-0.2, 0) is 0 Å². The van der Waals surface area contributed by atoms with Gasteiger partial charge in [0.15, 0.2) is 0 Å². The van der Waals surface area contributed by atoms with Crippen LogP contribution in [0.15, 0.2) is 0 Å². The van der Waals surface area contributed by atoms with Gasteiger partial charge in [-0.15, -0.1) is 0 Å². The van der Waals surface area contributed by atoms with E-state index in [0.29, 0.717) is 6.04 Å². The topological polar surface area (TPSA) is 29.3 Å². The molecule has 2 nitrogen and oxygen atoms in total. The number of nitrogens with two attached hydrogens (primary N) is 1. The number of rotatable bonds is 10. The zero-order chi connectivity index (χ0) is 13.3. The Morgan fingerprint density at radius 1 is 1.06 bits per heavy atom. The summed E-state index contributed by atoms with van der Waals surface area (Å²) in [5.74, 6) is 0. The Bertz CT molecular complexity index is 178. The van der Waals surface area contributed by atoms with Crippen LogP contribution in [0.1, 0.15) is 72.6 Å². The Hall–Kier alpha value is -0.0800. The van der Waals surface area contributed by atoms with Crippen molar-refractivity contribution in [3.63, 3.8) is 0 Å². The highest BCUT2D eigenvalue weighted by molar-refractivity contribution is 4.88. The summed E-state index contributed by atoms with van der Waals surface area (Å²) in [5.41, 5.74) is 6.21. The van der Waals surface area contributed by atoms with E-state index in [-0.39, 0.29) is 5.54 Å². The van der Waals surface area contributed by atoms with Crippen molar-refractivity contribution >= 4 is 0 Å². The van der Waals surface area contributed by atoms with Crippen LogP contribution in [0.5, 0.6) is 0 Å². The minimum Gasteiger partial charge on any atom is -0.329 e. The van der Waals surface area contributed by atoms with Crippen LogP contribution in [0.3, 0.4) is 0 Å². The smallest absolute Gasteiger partial charge is 0.0303 e. The van der Waals surface area contributed by atoms with Crippen LogP contribution < -0.4 is 5.73 Å². The minimum absolute atomic E-state index is 0.185. The van der Waals surface area contributed by atoms with Crippen LogP contribution >= 0.6 is 0 Å². The number of unbranched alkanes of at least 4 members (excludes halogenated alkanes) is 3. The molecule has 1 unspecified atom stereocenters. The maximum Gasteiger partial charge on any atom is 0.0303 e. The van der Waals surface area contributed by atoms with Crippen molar-refractivity contribution in [2.24, 2.45) is 5.73 Å². The molecule has 1 atom stereocenters. The summed E-state index contributed by atoms with van der Waals surface area (Å²) in [7, 11) is 2.25. The van der Waals surface area contributed by atoms with E-state index in [1.807, 2.05) is 0 Å². The average Bonchev–Trinajstić information content (AvgIpc) is 2.35. The first-order chi connectivity index (χ1) is 8.05. The van der Waals surface area contributed by atoms with Crippen LogP contribution in [0.2, 0.25) is 0 Å². The Morgan fingerprint density at radius 2 is 1.65 bits per heavy atom. The molecule has 0 rings (SSSR count). The van der Waals surface area contributed by atoms with Gasteiger partial charge >= 0.3 is 0 Å². The van der Waals surface area contributed by atoms with Crippen LogP contribution in [0, 0.1) is 0 Å². The van der Waals surface area contributed by atoms with E-state index in [1.54, 1.807) is 0 Å². The van der Waals surface area contributed by atoms with Gasteiger partial charge in [-0.05, 0) is 33.2 Å². The normalized spacial score (nSPS) is 15.5. The van der Waals surface area contributed by atoms with Crippen molar-refractivity contribution in [1.82, 2.24) is 4.90 Å². The van der Waals surface area contributed by atoms with E-state index < -0.39 is 0 Å². The Morgan fingerprint density at radius 3 is 2.06 bits per heavy atom. The summed E-state index contributed by atoms with van der Waals surface area (Å²) in [6.07, 6.45) is 9.00. The average molecular weight is 242 g/mol. The predicted octanol–water partition coefficient (Wildman–Crippen LogP) is 3.79. The van der Waals surface area contributed by atoms with Gasteiger partial charge in [0, 0.05) is 18.1 Å². The lowest BCUT2D eigenvalue weighted by molar-refractivity contribution is 0.0768. The molecule has 0 aromatic heterocycles. The molecule has 0 bridgehead atoms. The van der Waals surface area contributed by atoms with E-state index >= 15 is 0 Å². The first kappa shape index (κ1) is 16.9. The number of hydrogen-bond acceptors (Lipinski definition) is 2. The second-order valence-electron chi connectivity index (χ2n) is 5.59. The lowest BCUT2D eigenvalue weighted by Gasteiger charge is -2.43. The monoisotopic (exact) mass is 242 g/mol. The third-order valence-electron chi connectivity index (χ3n) is 4.35. The molecule has 0 spiro atoms. The number of likely N-dealkylation sites (N-methyl/N-ethyl adjacent to an activating group) is 1. The van der Waals surface area contributed by atoms with Gasteiger partial charge in [-0.2, -0.15) is 0 Å². The maximum atomic E-state index is 6.03. The fourth-order valence-corrected chi connectivity index (χ4v) is 2.63. The molecule has 0 aliphatic rings. The summed E-state index contributed by atoms with van der Waals surface area (Å²) in [4.78, 5) is 2.53. The molecule has 0 radical (unpaired) electrons. The van der Waals surface area contributed by atoms with E-state index in [0.717, 1.165) is 6.54 Å². The molecular formula is C15H34N2. The molecule has 0 aromatic carbocycles. The van der Waals surface area contributed by atoms with Gasteiger partial charge in [-0.25, -0.2) is 0 Å². The molecular weight excluding hydrogens is 208 g/mol. The second kappa shape index (κ2) is 8.93. The lowest BCUT2D eigenvalue weighted by atomic mass is 9.90. The summed E-state index contributed by atoms with van der Waals surface area (Å²) in [6.45, 7) is 9.92. The van der Waals surface area contributed by atoms with Crippen LogP contribution in [0.4, 0.5) is 0 Å². The molecule has 0 aliphatic heterocycles. The fourth-order valence-electron chi connectivity index (χ4n) is 2.63. The summed E-state index contributed by atoms with van der Waals surface area (Å²) in [5, 5.41) is 0. The fraction of sp³-hybridized carbons (Fsp3) is 1.00. The zero-order valence-electron chi connectivity index (χ0n) is 12.8. The Balaban J connectivity index is 4.32. The van der Waals surface area contributed by atoms with Crippen molar-refractivity contribution in [2.75, 3.05) is 13.6 Å². The molecule has 0 saturated heterocycles. The first-order valence-electron chi connectivity index (χ1n) is 7.48. The summed E-state index contributed by atoms with van der Waals surface area (Å²) >= 11 is 0. The van der Waals surface area contributed by atoms with Crippen molar-refractivity contribution in [3.8, 4) is 0 Å². The third-order valence-corrected chi connectivity index (χ3v) is 4.35. The highest BCUT2D eigenvalue weighted by Gasteiger charge is 2.30. The van der Waals surface area contributed by atoms with Crippen molar-refractivity contribution in [1.29, 1.82) is 0 Å². The molecule has 17 heavy (non-hydrogen) atoms. The molecule has 2 heteroatoms. The lowest BCUT2D eigenvalue weighted by Crippen LogP contribution is -2.53. The van der Waals surface area contributed by atoms with Gasteiger partial charge in [0.05, 0.1) is 0 Å². The molecule has 2 N–H and O–H groups in total. The van der Waals surface area contributed by atoms with Gasteiger partial charge < -0.3 is 5.73 Å². The van der Waals surface area contributed by atoms with Gasteiger partial charge in [0.1, 0.15) is 0 Å². The van der Waals surface area contributed by atoms with Gasteiger partial charge in [0.25, 0.3) is 0 Å². The predicted molar refractivity (Wildman–Crippen MR) is 78.4 cm³/mol. The molecule has 0 amide bonds. The zero-order valence-corrected chi connectivity index (χ0v) is 12.8. The van der Waals surface area contributed by atoms with Crippen LogP contribution in [-0.4, -0.2) is 30.1 Å². The molecule has 0 fully saturated rings. The standard InChI is InChI=1S/C15H34N2/c1-6-9-10-11-12-15(4,13-16)17(5)14(7-2)8-3/h14H,6-13,16H2,1-5H3. The van der Waals surface area contributed by atoms with Crippen molar-refractivity contribution in [3.05, 3.63) is 0 Å². The van der Waals surface area contributed by atoms with E-state index in [1.165, 1.54) is 44.9 Å². The van der Waals surface area contributed by atoms with E-state index in [9.17, 15) is 0 Å².